The van der Waals surface area contributed by atoms with E-state index in [-0.39, 0.29) is 65.0 Å². The van der Waals surface area contributed by atoms with Crippen molar-refractivity contribution in [2.75, 3.05) is 18.4 Å². The second-order valence-corrected chi connectivity index (χ2v) is 14.3. The van der Waals surface area contributed by atoms with Crippen LogP contribution in [0.4, 0.5) is 18.9 Å². The van der Waals surface area contributed by atoms with Crippen molar-refractivity contribution in [1.82, 2.24) is 43.6 Å². The molecule has 0 saturated carbocycles. The first-order valence-electron chi connectivity index (χ1n) is 17.1. The van der Waals surface area contributed by atoms with Crippen molar-refractivity contribution in [3.63, 3.8) is 0 Å². The summed E-state index contributed by atoms with van der Waals surface area (Å²) in [7, 11) is 1.80. The number of anilines is 1. The van der Waals surface area contributed by atoms with Crippen LogP contribution in [0.5, 0.6) is 5.75 Å². The molecule has 2 amide bonds. The van der Waals surface area contributed by atoms with Crippen molar-refractivity contribution in [1.29, 1.82) is 0 Å². The van der Waals surface area contributed by atoms with Gasteiger partial charge in [-0.15, -0.1) is 5.10 Å². The van der Waals surface area contributed by atoms with Gasteiger partial charge in [-0.25, -0.2) is 15.0 Å². The summed E-state index contributed by atoms with van der Waals surface area (Å²) in [4.78, 5) is 60.6. The van der Waals surface area contributed by atoms with Crippen LogP contribution < -0.4 is 10.9 Å². The van der Waals surface area contributed by atoms with Gasteiger partial charge in [-0.2, -0.15) is 22.7 Å². The Bertz CT molecular complexity index is 2590. The molecule has 1 aliphatic heterocycles. The topological polar surface area (TPSA) is 165 Å². The summed E-state index contributed by atoms with van der Waals surface area (Å²) in [6.07, 6.45) is -0.378. The molecule has 1 aromatic carbocycles. The summed E-state index contributed by atoms with van der Waals surface area (Å²) in [5.41, 5.74) is 0.432. The van der Waals surface area contributed by atoms with E-state index >= 15 is 0 Å². The molecular formula is C36H32ClF3N10O4. The van der Waals surface area contributed by atoms with E-state index in [1.54, 1.807) is 40.3 Å². The molecule has 1 fully saturated rings. The number of hydrogen-bond donors (Lipinski definition) is 2. The summed E-state index contributed by atoms with van der Waals surface area (Å²) in [5, 5.41) is 18.3. The number of nitrogens with zero attached hydrogens (tertiary/aromatic N) is 9. The Labute approximate surface area is 309 Å². The van der Waals surface area contributed by atoms with Gasteiger partial charge in [0.05, 0.1) is 27.7 Å². The fourth-order valence-electron chi connectivity index (χ4n) is 8.00. The third-order valence-corrected chi connectivity index (χ3v) is 10.9. The zero-order chi connectivity index (χ0) is 38.3. The van der Waals surface area contributed by atoms with Crippen LogP contribution in [0.3, 0.4) is 0 Å². The fourth-order valence-corrected chi connectivity index (χ4v) is 8.23. The molecule has 1 aliphatic carbocycles. The minimum absolute atomic E-state index is 0.0139. The number of carbonyl (C=O) groups is 2. The average molecular weight is 761 g/mol. The van der Waals surface area contributed by atoms with Gasteiger partial charge in [-0.1, -0.05) is 18.5 Å². The van der Waals surface area contributed by atoms with Crippen LogP contribution in [0.2, 0.25) is 5.02 Å². The van der Waals surface area contributed by atoms with Gasteiger partial charge >= 0.3 is 6.18 Å². The molecule has 14 nitrogen and oxygen atoms in total. The first-order valence-corrected chi connectivity index (χ1v) is 17.5. The standard InChI is InChI=1S/C36H32ClF3N10O4/c1-18-15-35(8-11-48(12-9-35)33(54)27-29(52)19(2)42-17-43-27)26-28(18)49(16-25(51)44-23-7-6-21(14-22(23)37)36(38,39)40)34-45-30(46-50(34)32(26)53)24-13-20-5-4-10-41-31(20)47(24)3/h4-7,10,13-14,17-18,52H,8-9,11-12,15-16H2,1-3H3,(H,44,51). The smallest absolute Gasteiger partial charge is 0.416 e. The zero-order valence-electron chi connectivity index (χ0n) is 29.1. The lowest BCUT2D eigenvalue weighted by atomic mass is 9.73. The van der Waals surface area contributed by atoms with Crippen LogP contribution in [-0.2, 0) is 30.0 Å². The lowest BCUT2D eigenvalue weighted by molar-refractivity contribution is -0.137. The number of rotatable bonds is 5. The van der Waals surface area contributed by atoms with Crippen molar-refractivity contribution < 1.29 is 27.9 Å². The summed E-state index contributed by atoms with van der Waals surface area (Å²) >= 11 is 6.18. The summed E-state index contributed by atoms with van der Waals surface area (Å²) < 4.78 is 44.5. The number of hydrogen-bond acceptors (Lipinski definition) is 9. The van der Waals surface area contributed by atoms with Crippen molar-refractivity contribution in [3.8, 4) is 17.3 Å². The van der Waals surface area contributed by atoms with E-state index in [9.17, 15) is 32.7 Å². The summed E-state index contributed by atoms with van der Waals surface area (Å²) in [5.74, 6) is -1.26. The van der Waals surface area contributed by atoms with Crippen LogP contribution in [-0.4, -0.2) is 73.6 Å². The number of fused-ring (bicyclic) bond motifs is 4. The number of alkyl halides is 3. The highest BCUT2D eigenvalue weighted by atomic mass is 35.5. The number of likely N-dealkylation sites (tertiary alicyclic amines) is 1. The Morgan fingerprint density at radius 1 is 1.11 bits per heavy atom. The summed E-state index contributed by atoms with van der Waals surface area (Å²) in [6.45, 7) is 3.70. The number of nitrogens with one attached hydrogen (secondary N) is 1. The van der Waals surface area contributed by atoms with Crippen molar-refractivity contribution >= 4 is 45.9 Å². The number of aromatic hydroxyl groups is 1. The number of benzene rings is 1. The lowest BCUT2D eigenvalue weighted by Gasteiger charge is -2.39. The maximum atomic E-state index is 14.6. The maximum absolute atomic E-state index is 14.6. The molecule has 2 aliphatic rings. The maximum Gasteiger partial charge on any atom is 0.416 e. The average Bonchev–Trinajstić information content (AvgIpc) is 3.80. The largest absolute Gasteiger partial charge is 0.504 e. The molecule has 2 N–H and O–H groups in total. The second-order valence-electron chi connectivity index (χ2n) is 13.9. The Morgan fingerprint density at radius 3 is 2.57 bits per heavy atom. The normalized spacial score (nSPS) is 16.7. The van der Waals surface area contributed by atoms with Crippen LogP contribution in [0, 0.1) is 6.92 Å². The van der Waals surface area contributed by atoms with E-state index in [1.807, 2.05) is 19.1 Å². The molecular weight excluding hydrogens is 729 g/mol. The van der Waals surface area contributed by atoms with Gasteiger partial charge in [0.25, 0.3) is 11.5 Å². The third kappa shape index (κ3) is 5.64. The van der Waals surface area contributed by atoms with Crippen molar-refractivity contribution in [2.45, 2.75) is 57.2 Å². The van der Waals surface area contributed by atoms with Gasteiger partial charge in [-0.3, -0.25) is 14.4 Å². The molecule has 6 aromatic rings. The van der Waals surface area contributed by atoms with Gasteiger partial charge in [0.15, 0.2) is 17.3 Å². The predicted octanol–water partition coefficient (Wildman–Crippen LogP) is 5.24. The quantitative estimate of drug-likeness (QED) is 0.239. The molecule has 54 heavy (non-hydrogen) atoms. The van der Waals surface area contributed by atoms with Crippen LogP contribution in [0.25, 0.3) is 28.3 Å². The number of aromatic nitrogens is 8. The molecule has 1 saturated heterocycles. The Morgan fingerprint density at radius 2 is 1.87 bits per heavy atom. The first kappa shape index (κ1) is 35.2. The molecule has 0 radical (unpaired) electrons. The van der Waals surface area contributed by atoms with Gasteiger partial charge < -0.3 is 24.5 Å². The molecule has 1 spiro atoms. The Hall–Kier alpha value is -5.84. The number of carbonyl (C=O) groups excluding carboxylic acids is 2. The SMILES string of the molecule is Cc1ncnc(C(=O)N2CCC3(CC2)CC(C)c2c3c(=O)n3nc(-c4cc5cccnc5n4C)nc3n2CC(=O)Nc2ccc(C(F)(F)F)cc2Cl)c1O. The lowest BCUT2D eigenvalue weighted by Crippen LogP contribution is -2.46. The molecule has 5 aromatic heterocycles. The number of amides is 2. The van der Waals surface area contributed by atoms with E-state index in [2.05, 4.69) is 25.4 Å². The van der Waals surface area contributed by atoms with Crippen LogP contribution >= 0.6 is 11.6 Å². The van der Waals surface area contributed by atoms with Crippen LogP contribution in [0.15, 0.2) is 53.7 Å². The monoisotopic (exact) mass is 760 g/mol. The summed E-state index contributed by atoms with van der Waals surface area (Å²) in [6, 6.07) is 8.21. The van der Waals surface area contributed by atoms with E-state index in [4.69, 9.17) is 16.6 Å². The molecule has 1 unspecified atom stereocenters. The van der Waals surface area contributed by atoms with Crippen molar-refractivity contribution in [2.24, 2.45) is 7.05 Å². The molecule has 18 heteroatoms. The molecule has 8 rings (SSSR count). The predicted molar refractivity (Wildman–Crippen MR) is 190 cm³/mol. The van der Waals surface area contributed by atoms with Gasteiger partial charge in [0.1, 0.15) is 18.5 Å². The van der Waals surface area contributed by atoms with Crippen LogP contribution in [0.1, 0.15) is 65.1 Å². The second kappa shape index (κ2) is 12.6. The van der Waals surface area contributed by atoms with Gasteiger partial charge in [0, 0.05) is 48.4 Å². The van der Waals surface area contributed by atoms with E-state index in [1.165, 1.54) is 10.8 Å². The van der Waals surface area contributed by atoms with E-state index in [0.29, 0.717) is 41.9 Å². The molecule has 6 heterocycles. The van der Waals surface area contributed by atoms with Gasteiger partial charge in [0.2, 0.25) is 11.7 Å². The third-order valence-electron chi connectivity index (χ3n) is 10.6. The number of piperidine rings is 1. The zero-order valence-corrected chi connectivity index (χ0v) is 29.9. The number of aryl methyl sites for hydroxylation is 2. The Kier molecular flexibility index (Phi) is 8.24. The molecule has 0 bridgehead atoms. The highest BCUT2D eigenvalue weighted by molar-refractivity contribution is 6.33. The molecule has 278 valence electrons. The van der Waals surface area contributed by atoms with E-state index < -0.39 is 34.5 Å². The minimum atomic E-state index is -4.62. The first-order chi connectivity index (χ1) is 25.7. The molecule has 1 atom stereocenters. The number of halogens is 4. The number of pyridine rings is 1. The minimum Gasteiger partial charge on any atom is -0.504 e. The van der Waals surface area contributed by atoms with Crippen molar-refractivity contribution in [3.05, 3.63) is 92.5 Å². The van der Waals surface area contributed by atoms with E-state index in [0.717, 1.165) is 23.6 Å². The fraction of sp³-hybridized carbons (Fsp3) is 0.333. The highest BCUT2D eigenvalue weighted by Crippen LogP contribution is 2.50. The highest BCUT2D eigenvalue weighted by Gasteiger charge is 2.49. The Balaban J connectivity index is 1.21. The van der Waals surface area contributed by atoms with Gasteiger partial charge in [-0.05, 0) is 68.5 Å².